The summed E-state index contributed by atoms with van der Waals surface area (Å²) in [5, 5.41) is 10.3. The summed E-state index contributed by atoms with van der Waals surface area (Å²) in [6, 6.07) is 9.33. The van der Waals surface area contributed by atoms with Crippen LogP contribution in [0.2, 0.25) is 0 Å². The normalized spacial score (nSPS) is 10.4. The molecule has 1 aromatic heterocycles. The molecule has 0 fully saturated rings. The zero-order valence-corrected chi connectivity index (χ0v) is 7.75. The van der Waals surface area contributed by atoms with Crippen LogP contribution in [0.15, 0.2) is 34.9 Å². The molecule has 12 heavy (non-hydrogen) atoms. The highest BCUT2D eigenvalue weighted by Crippen LogP contribution is 2.25. The van der Waals surface area contributed by atoms with Crippen molar-refractivity contribution >= 4 is 26.8 Å². The van der Waals surface area contributed by atoms with E-state index >= 15 is 0 Å². The number of benzene rings is 1. The summed E-state index contributed by atoms with van der Waals surface area (Å²) in [5.74, 6) is 0.175. The summed E-state index contributed by atoms with van der Waals surface area (Å²) in [4.78, 5) is 4.14. The van der Waals surface area contributed by atoms with Crippen molar-refractivity contribution in [3.05, 3.63) is 34.9 Å². The van der Waals surface area contributed by atoms with E-state index in [-0.39, 0.29) is 5.75 Å². The van der Waals surface area contributed by atoms with Crippen molar-refractivity contribution in [3.8, 4) is 5.75 Å². The second-order valence-corrected chi connectivity index (χ2v) is 3.24. The van der Waals surface area contributed by atoms with Crippen LogP contribution in [0.1, 0.15) is 0 Å². The average molecular weight is 224 g/mol. The molecule has 0 unspecified atom stereocenters. The maximum absolute atomic E-state index is 9.31. The Morgan fingerprint density at radius 3 is 2.83 bits per heavy atom. The van der Waals surface area contributed by atoms with Crippen LogP contribution in [0, 0.1) is 0 Å². The number of nitrogens with zero attached hydrogens (tertiary/aromatic N) is 1. The van der Waals surface area contributed by atoms with Crippen LogP contribution >= 0.6 is 15.9 Å². The molecule has 1 aromatic carbocycles. The van der Waals surface area contributed by atoms with Crippen LogP contribution in [-0.2, 0) is 0 Å². The molecule has 0 radical (unpaired) electrons. The Kier molecular flexibility index (Phi) is 1.73. The summed E-state index contributed by atoms with van der Waals surface area (Å²) >= 11 is 3.16. The molecule has 2 nitrogen and oxygen atoms in total. The Bertz CT molecular complexity index is 387. The molecule has 0 bridgehead atoms. The van der Waals surface area contributed by atoms with Crippen LogP contribution in [-0.4, -0.2) is 10.1 Å². The molecule has 0 atom stereocenters. The van der Waals surface area contributed by atoms with Crippen LogP contribution in [0.5, 0.6) is 5.75 Å². The first-order valence-corrected chi connectivity index (χ1v) is 4.31. The molecular weight excluding hydrogens is 218 g/mol. The van der Waals surface area contributed by atoms with E-state index in [1.807, 2.05) is 24.3 Å². The summed E-state index contributed by atoms with van der Waals surface area (Å²) in [7, 11) is 0. The first-order valence-electron chi connectivity index (χ1n) is 3.51. The minimum Gasteiger partial charge on any atom is -0.505 e. The molecule has 0 aliphatic carbocycles. The van der Waals surface area contributed by atoms with E-state index in [1.165, 1.54) is 0 Å². The molecule has 1 heterocycles. The van der Waals surface area contributed by atoms with E-state index in [4.69, 9.17) is 0 Å². The van der Waals surface area contributed by atoms with Crippen molar-refractivity contribution in [2.45, 2.75) is 0 Å². The maximum atomic E-state index is 9.31. The van der Waals surface area contributed by atoms with Crippen molar-refractivity contribution in [2.24, 2.45) is 0 Å². The van der Waals surface area contributed by atoms with Gasteiger partial charge in [-0.15, -0.1) is 0 Å². The third-order valence-corrected chi connectivity index (χ3v) is 2.24. The molecule has 60 valence electrons. The zero-order valence-electron chi connectivity index (χ0n) is 6.16. The minimum absolute atomic E-state index is 0.175. The Hall–Kier alpha value is -1.09. The van der Waals surface area contributed by atoms with E-state index in [0.717, 1.165) is 10.9 Å². The van der Waals surface area contributed by atoms with Gasteiger partial charge in [0.05, 0.1) is 5.52 Å². The molecule has 2 rings (SSSR count). The number of aromatic hydroxyl groups is 1. The van der Waals surface area contributed by atoms with E-state index < -0.39 is 0 Å². The number of rotatable bonds is 0. The van der Waals surface area contributed by atoms with Crippen molar-refractivity contribution in [3.63, 3.8) is 0 Å². The maximum Gasteiger partial charge on any atom is 0.148 e. The Morgan fingerprint density at radius 1 is 1.25 bits per heavy atom. The molecular formula is C9H6BrNO. The van der Waals surface area contributed by atoms with Gasteiger partial charge in [-0.1, -0.05) is 18.2 Å². The topological polar surface area (TPSA) is 33.1 Å². The lowest BCUT2D eigenvalue weighted by Crippen LogP contribution is -1.79. The summed E-state index contributed by atoms with van der Waals surface area (Å²) < 4.78 is 0.487. The molecule has 0 saturated heterocycles. The molecule has 0 saturated carbocycles. The average Bonchev–Trinajstić information content (AvgIpc) is 2.07. The van der Waals surface area contributed by atoms with E-state index in [9.17, 15) is 5.11 Å². The largest absolute Gasteiger partial charge is 0.505 e. The van der Waals surface area contributed by atoms with Crippen molar-refractivity contribution in [2.75, 3.05) is 0 Å². The summed E-state index contributed by atoms with van der Waals surface area (Å²) in [5.41, 5.74) is 0.877. The van der Waals surface area contributed by atoms with Crippen LogP contribution in [0.25, 0.3) is 10.9 Å². The smallest absolute Gasteiger partial charge is 0.148 e. The van der Waals surface area contributed by atoms with Gasteiger partial charge in [0.15, 0.2) is 0 Å². The lowest BCUT2D eigenvalue weighted by atomic mass is 10.2. The second kappa shape index (κ2) is 2.75. The first-order chi connectivity index (χ1) is 5.77. The van der Waals surface area contributed by atoms with Gasteiger partial charge in [-0.25, -0.2) is 4.98 Å². The molecule has 1 N–H and O–H groups in total. The van der Waals surface area contributed by atoms with Gasteiger partial charge in [0, 0.05) is 5.39 Å². The number of fused-ring (bicyclic) bond motifs is 1. The summed E-state index contributed by atoms with van der Waals surface area (Å²) in [6.07, 6.45) is 0. The van der Waals surface area contributed by atoms with Gasteiger partial charge in [0.2, 0.25) is 0 Å². The fourth-order valence-electron chi connectivity index (χ4n) is 1.08. The van der Waals surface area contributed by atoms with Gasteiger partial charge in [0.1, 0.15) is 10.4 Å². The molecule has 0 amide bonds. The molecule has 0 aliphatic rings. The highest BCUT2D eigenvalue weighted by atomic mass is 79.9. The van der Waals surface area contributed by atoms with E-state index in [1.54, 1.807) is 6.07 Å². The number of pyridine rings is 1. The molecule has 3 heteroatoms. The fourth-order valence-corrected chi connectivity index (χ4v) is 1.39. The Balaban J connectivity index is 2.84. The first kappa shape index (κ1) is 7.55. The lowest BCUT2D eigenvalue weighted by molar-refractivity contribution is 0.470. The number of halogens is 1. The predicted molar refractivity (Wildman–Crippen MR) is 51.1 cm³/mol. The monoisotopic (exact) mass is 223 g/mol. The standard InChI is InChI=1S/C9H6BrNO/c10-9-8(12)5-6-3-1-2-4-7(6)11-9/h1-5,12H. The highest BCUT2D eigenvalue weighted by molar-refractivity contribution is 9.10. The number of hydrogen-bond donors (Lipinski definition) is 1. The predicted octanol–water partition coefficient (Wildman–Crippen LogP) is 2.70. The van der Waals surface area contributed by atoms with Crippen LogP contribution in [0.3, 0.4) is 0 Å². The highest BCUT2D eigenvalue weighted by Gasteiger charge is 2.00. The van der Waals surface area contributed by atoms with Gasteiger partial charge >= 0.3 is 0 Å². The quantitative estimate of drug-likeness (QED) is 0.698. The van der Waals surface area contributed by atoms with Crippen molar-refractivity contribution in [1.29, 1.82) is 0 Å². The van der Waals surface area contributed by atoms with Gasteiger partial charge in [-0.05, 0) is 28.1 Å². The van der Waals surface area contributed by atoms with Gasteiger partial charge < -0.3 is 5.11 Å². The SMILES string of the molecule is Oc1cc2ccccc2nc1Br. The third kappa shape index (κ3) is 1.16. The summed E-state index contributed by atoms with van der Waals surface area (Å²) in [6.45, 7) is 0. The molecule has 2 aromatic rings. The number of hydrogen-bond acceptors (Lipinski definition) is 2. The lowest BCUT2D eigenvalue weighted by Gasteiger charge is -1.99. The van der Waals surface area contributed by atoms with Crippen LogP contribution in [0.4, 0.5) is 0 Å². The molecule has 0 aliphatic heterocycles. The van der Waals surface area contributed by atoms with Gasteiger partial charge in [0.25, 0.3) is 0 Å². The van der Waals surface area contributed by atoms with Crippen molar-refractivity contribution in [1.82, 2.24) is 4.98 Å². The zero-order chi connectivity index (χ0) is 8.55. The molecule has 0 spiro atoms. The van der Waals surface area contributed by atoms with Crippen LogP contribution < -0.4 is 0 Å². The Morgan fingerprint density at radius 2 is 2.00 bits per heavy atom. The second-order valence-electron chi connectivity index (χ2n) is 2.49. The van der Waals surface area contributed by atoms with E-state index in [2.05, 4.69) is 20.9 Å². The minimum atomic E-state index is 0.175. The van der Waals surface area contributed by atoms with Gasteiger partial charge in [-0.3, -0.25) is 0 Å². The fraction of sp³-hybridized carbons (Fsp3) is 0. The van der Waals surface area contributed by atoms with Gasteiger partial charge in [-0.2, -0.15) is 0 Å². The third-order valence-electron chi connectivity index (χ3n) is 1.66. The Labute approximate surface area is 78.0 Å². The number of para-hydroxylation sites is 1. The van der Waals surface area contributed by atoms with Crippen molar-refractivity contribution < 1.29 is 5.11 Å². The number of aromatic nitrogens is 1. The van der Waals surface area contributed by atoms with E-state index in [0.29, 0.717) is 4.60 Å².